The Morgan fingerprint density at radius 2 is 1.60 bits per heavy atom. The molecule has 5 nitrogen and oxygen atoms in total. The number of carbonyl (C=O) groups excluding carboxylic acids is 2. The van der Waals surface area contributed by atoms with E-state index in [0.717, 1.165) is 11.1 Å². The topological polar surface area (TPSA) is 64.6 Å². The minimum Gasteiger partial charge on any atom is -0.444 e. The Labute approximate surface area is 184 Å². The normalized spacial score (nSPS) is 13.8. The highest BCUT2D eigenvalue weighted by atomic mass is 28.4. The summed E-state index contributed by atoms with van der Waals surface area (Å²) in [5, 5.41) is 2.79. The van der Waals surface area contributed by atoms with Gasteiger partial charge in [0.25, 0.3) is 0 Å². The van der Waals surface area contributed by atoms with Gasteiger partial charge in [0.05, 0.1) is 6.10 Å². The molecule has 0 fully saturated rings. The summed E-state index contributed by atoms with van der Waals surface area (Å²) in [4.78, 5) is 25.3. The molecule has 1 aromatic carbocycles. The van der Waals surface area contributed by atoms with Crippen LogP contribution in [0.25, 0.3) is 0 Å². The molecule has 1 rings (SSSR count). The third-order valence-corrected chi connectivity index (χ3v) is 9.97. The van der Waals surface area contributed by atoms with Gasteiger partial charge in [-0.1, -0.05) is 58.9 Å². The zero-order valence-electron chi connectivity index (χ0n) is 20.5. The quantitative estimate of drug-likeness (QED) is 0.384. The van der Waals surface area contributed by atoms with Crippen LogP contribution in [-0.4, -0.2) is 38.4 Å². The number of alkyl carbamates (subject to hydrolysis) is 1. The van der Waals surface area contributed by atoms with E-state index in [1.807, 2.05) is 45.0 Å². The zero-order chi connectivity index (χ0) is 23.3. The standard InChI is InChI=1S/C24H41NO4Si/c1-17(2)19-13-11-12-14-20(19)21(26)15-18(29-30(9,10)24(6,7)8)16-25-22(27)28-23(3,4)5/h11-14,17-18H,15-16H2,1-10H3,(H,25,27)/t18-/m1/s1. The lowest BCUT2D eigenvalue weighted by Crippen LogP contribution is -2.48. The van der Waals surface area contributed by atoms with Crippen LogP contribution in [-0.2, 0) is 9.16 Å². The van der Waals surface area contributed by atoms with Gasteiger partial charge in [0.15, 0.2) is 14.1 Å². The number of benzene rings is 1. The van der Waals surface area contributed by atoms with Crippen molar-refractivity contribution in [1.82, 2.24) is 5.32 Å². The largest absolute Gasteiger partial charge is 0.444 e. The Morgan fingerprint density at radius 1 is 1.03 bits per heavy atom. The Morgan fingerprint density at radius 3 is 2.10 bits per heavy atom. The number of carbonyl (C=O) groups is 2. The maximum absolute atomic E-state index is 13.2. The van der Waals surface area contributed by atoms with Gasteiger partial charge in [-0.25, -0.2) is 4.79 Å². The molecule has 1 aromatic rings. The lowest BCUT2D eigenvalue weighted by molar-refractivity contribution is 0.0488. The highest BCUT2D eigenvalue weighted by molar-refractivity contribution is 6.74. The van der Waals surface area contributed by atoms with Crippen LogP contribution in [0.1, 0.15) is 83.7 Å². The minimum atomic E-state index is -2.13. The van der Waals surface area contributed by atoms with Crippen molar-refractivity contribution in [3.8, 4) is 0 Å². The van der Waals surface area contributed by atoms with Gasteiger partial charge in [0.1, 0.15) is 5.60 Å². The van der Waals surface area contributed by atoms with Crippen molar-refractivity contribution in [2.45, 2.75) is 97.6 Å². The van der Waals surface area contributed by atoms with E-state index in [1.165, 1.54) is 0 Å². The number of amides is 1. The van der Waals surface area contributed by atoms with Crippen molar-refractivity contribution >= 4 is 20.2 Å². The van der Waals surface area contributed by atoms with Gasteiger partial charge >= 0.3 is 6.09 Å². The predicted octanol–water partition coefficient (Wildman–Crippen LogP) is 6.30. The van der Waals surface area contributed by atoms with E-state index in [4.69, 9.17) is 9.16 Å². The molecule has 1 amide bonds. The lowest BCUT2D eigenvalue weighted by atomic mass is 9.93. The van der Waals surface area contributed by atoms with Gasteiger partial charge in [-0.15, -0.1) is 0 Å². The average molecular weight is 436 g/mol. The van der Waals surface area contributed by atoms with Crippen LogP contribution >= 0.6 is 0 Å². The van der Waals surface area contributed by atoms with Crippen LogP contribution in [0.4, 0.5) is 4.79 Å². The third-order valence-electron chi connectivity index (χ3n) is 5.44. The summed E-state index contributed by atoms with van der Waals surface area (Å²) in [7, 11) is -2.13. The molecule has 1 N–H and O–H groups in total. The van der Waals surface area contributed by atoms with E-state index in [9.17, 15) is 9.59 Å². The molecule has 0 bridgehead atoms. The highest BCUT2D eigenvalue weighted by Gasteiger charge is 2.39. The van der Waals surface area contributed by atoms with E-state index in [0.29, 0.717) is 0 Å². The van der Waals surface area contributed by atoms with Crippen molar-refractivity contribution in [1.29, 1.82) is 0 Å². The van der Waals surface area contributed by atoms with E-state index in [2.05, 4.69) is 53.0 Å². The summed E-state index contributed by atoms with van der Waals surface area (Å²) in [6.45, 7) is 20.7. The van der Waals surface area contributed by atoms with E-state index < -0.39 is 26.1 Å². The molecule has 0 radical (unpaired) electrons. The first kappa shape index (κ1) is 26.4. The Bertz CT molecular complexity index is 729. The van der Waals surface area contributed by atoms with Gasteiger partial charge in [-0.2, -0.15) is 0 Å². The molecular formula is C24H41NO4Si. The molecule has 0 aliphatic rings. The van der Waals surface area contributed by atoms with E-state index in [-0.39, 0.29) is 29.7 Å². The Hall–Kier alpha value is -1.66. The first-order valence-corrected chi connectivity index (χ1v) is 13.7. The van der Waals surface area contributed by atoms with Crippen LogP contribution in [0.3, 0.4) is 0 Å². The molecule has 1 atom stereocenters. The van der Waals surface area contributed by atoms with Gasteiger partial charge in [0, 0.05) is 18.5 Å². The second-order valence-electron chi connectivity index (χ2n) is 10.8. The summed E-state index contributed by atoms with van der Waals surface area (Å²) in [6, 6.07) is 7.73. The molecule has 0 aliphatic heterocycles. The molecule has 0 aromatic heterocycles. The fraction of sp³-hybridized carbons (Fsp3) is 0.667. The second-order valence-corrected chi connectivity index (χ2v) is 15.5. The number of Topliss-reactive ketones (excluding diaryl/α,β-unsaturated/α-hetero) is 1. The molecule has 0 saturated carbocycles. The zero-order valence-corrected chi connectivity index (χ0v) is 21.5. The summed E-state index contributed by atoms with van der Waals surface area (Å²) in [6.07, 6.45) is -0.695. The van der Waals surface area contributed by atoms with Crippen molar-refractivity contribution < 1.29 is 18.8 Å². The highest BCUT2D eigenvalue weighted by Crippen LogP contribution is 2.37. The molecule has 170 valence electrons. The molecule has 0 saturated heterocycles. The molecule has 0 unspecified atom stereocenters. The number of ketones is 1. The Kier molecular flexibility index (Phi) is 8.88. The smallest absolute Gasteiger partial charge is 0.407 e. The number of hydrogen-bond acceptors (Lipinski definition) is 4. The van der Waals surface area contributed by atoms with Crippen molar-refractivity contribution in [3.05, 3.63) is 35.4 Å². The SMILES string of the molecule is CC(C)c1ccccc1C(=O)C[C@H](CNC(=O)OC(C)(C)C)O[Si](C)(C)C(C)(C)C. The fourth-order valence-electron chi connectivity index (χ4n) is 2.83. The van der Waals surface area contributed by atoms with Gasteiger partial charge < -0.3 is 14.5 Å². The number of hydrogen-bond donors (Lipinski definition) is 1. The molecule has 30 heavy (non-hydrogen) atoms. The van der Waals surface area contributed by atoms with Crippen molar-refractivity contribution in [2.24, 2.45) is 0 Å². The third kappa shape index (κ3) is 8.23. The van der Waals surface area contributed by atoms with Crippen molar-refractivity contribution in [3.63, 3.8) is 0 Å². The molecule has 0 spiro atoms. The van der Waals surface area contributed by atoms with Gasteiger partial charge in [-0.05, 0) is 50.4 Å². The summed E-state index contributed by atoms with van der Waals surface area (Å²) < 4.78 is 11.9. The van der Waals surface area contributed by atoms with Gasteiger partial charge in [0.2, 0.25) is 0 Å². The van der Waals surface area contributed by atoms with Crippen LogP contribution in [0, 0.1) is 0 Å². The number of rotatable bonds is 8. The van der Waals surface area contributed by atoms with E-state index >= 15 is 0 Å². The monoisotopic (exact) mass is 435 g/mol. The molecule has 0 heterocycles. The first-order chi connectivity index (χ1) is 13.5. The number of ether oxygens (including phenoxy) is 1. The summed E-state index contributed by atoms with van der Waals surface area (Å²) in [5.41, 5.74) is 1.19. The van der Waals surface area contributed by atoms with Crippen LogP contribution in [0.2, 0.25) is 18.1 Å². The molecule has 0 aliphatic carbocycles. The molecule has 6 heteroatoms. The number of nitrogens with one attached hydrogen (secondary N) is 1. The first-order valence-electron chi connectivity index (χ1n) is 10.8. The van der Waals surface area contributed by atoms with E-state index in [1.54, 1.807) is 0 Å². The minimum absolute atomic E-state index is 0.00391. The van der Waals surface area contributed by atoms with Crippen LogP contribution < -0.4 is 5.32 Å². The fourth-order valence-corrected chi connectivity index (χ4v) is 4.18. The maximum atomic E-state index is 13.2. The summed E-state index contributed by atoms with van der Waals surface area (Å²) >= 11 is 0. The van der Waals surface area contributed by atoms with Crippen molar-refractivity contribution in [2.75, 3.05) is 6.54 Å². The van der Waals surface area contributed by atoms with Crippen LogP contribution in [0.5, 0.6) is 0 Å². The maximum Gasteiger partial charge on any atom is 0.407 e. The Balaban J connectivity index is 3.03. The van der Waals surface area contributed by atoms with Crippen LogP contribution in [0.15, 0.2) is 24.3 Å². The average Bonchev–Trinajstić information content (AvgIpc) is 2.56. The summed E-state index contributed by atoms with van der Waals surface area (Å²) in [5.74, 6) is 0.291. The molecular weight excluding hydrogens is 394 g/mol. The van der Waals surface area contributed by atoms with Gasteiger partial charge in [-0.3, -0.25) is 4.79 Å². The lowest BCUT2D eigenvalue weighted by Gasteiger charge is -2.39. The second kappa shape index (κ2) is 10.1. The predicted molar refractivity (Wildman–Crippen MR) is 126 cm³/mol.